The maximum atomic E-state index is 12.2. The molecule has 2 fully saturated rings. The second-order valence-electron chi connectivity index (χ2n) is 4.72. The molecule has 1 saturated heterocycles. The third kappa shape index (κ3) is 1.63. The highest BCUT2D eigenvalue weighted by Crippen LogP contribution is 2.45. The zero-order valence-corrected chi connectivity index (χ0v) is 10.3. The molecule has 3 rings (SSSR count). The largest absolute Gasteiger partial charge is 0.477 e. The molecule has 5 nitrogen and oxygen atoms in total. The van der Waals surface area contributed by atoms with E-state index >= 15 is 0 Å². The van der Waals surface area contributed by atoms with Crippen LogP contribution in [0.2, 0.25) is 0 Å². The van der Waals surface area contributed by atoms with Crippen LogP contribution in [0.1, 0.15) is 56.5 Å². The minimum atomic E-state index is -2.55. The second-order valence-corrected chi connectivity index (χ2v) is 5.72. The molecule has 1 aromatic rings. The fourth-order valence-corrected chi connectivity index (χ4v) is 3.24. The summed E-state index contributed by atoms with van der Waals surface area (Å²) in [6.07, 6.45) is 1.83. The fraction of sp³-hybridized carbons (Fsp3) is 0.583. The zero-order chi connectivity index (χ0) is 15.4. The first-order chi connectivity index (χ1) is 9.77. The molecule has 0 radical (unpaired) electrons. The summed E-state index contributed by atoms with van der Waals surface area (Å²) in [7, 11) is 0. The Morgan fingerprint density at radius 3 is 2.94 bits per heavy atom. The lowest BCUT2D eigenvalue weighted by atomic mass is 9.90. The van der Waals surface area contributed by atoms with E-state index in [0.717, 1.165) is 24.2 Å². The van der Waals surface area contributed by atoms with E-state index < -0.39 is 24.1 Å². The smallest absolute Gasteiger partial charge is 0.347 e. The molecule has 1 aliphatic heterocycles. The second kappa shape index (κ2) is 3.78. The first-order valence-electron chi connectivity index (χ1n) is 7.30. The predicted molar refractivity (Wildman–Crippen MR) is 66.0 cm³/mol. The Hall–Kier alpha value is -1.43. The van der Waals surface area contributed by atoms with Gasteiger partial charge in [0.25, 0.3) is 0 Å². The molecular formula is C12H14N2O3S. The number of carboxylic acid groups (broad SMARTS) is 1. The maximum Gasteiger partial charge on any atom is 0.347 e. The topological polar surface area (TPSA) is 79.3 Å². The molecule has 2 N–H and O–H groups in total. The number of nitrogens with zero attached hydrogens (tertiary/aromatic N) is 1. The number of rotatable bonds is 3. The van der Waals surface area contributed by atoms with Crippen LogP contribution in [0, 0.1) is 0 Å². The van der Waals surface area contributed by atoms with Gasteiger partial charge in [0.15, 0.2) is 0 Å². The van der Waals surface area contributed by atoms with Crippen molar-refractivity contribution < 1.29 is 18.8 Å². The van der Waals surface area contributed by atoms with Gasteiger partial charge < -0.3 is 10.4 Å². The number of thiazole rings is 1. The van der Waals surface area contributed by atoms with Crippen LogP contribution in [0.15, 0.2) is 0 Å². The number of carbonyl (C=O) groups is 2. The van der Waals surface area contributed by atoms with Crippen LogP contribution in [0.4, 0.5) is 0 Å². The van der Waals surface area contributed by atoms with Crippen molar-refractivity contribution in [2.75, 3.05) is 6.54 Å². The van der Waals surface area contributed by atoms with Crippen LogP contribution in [-0.2, 0) is 10.2 Å². The third-order valence-electron chi connectivity index (χ3n) is 3.35. The Balaban J connectivity index is 2.15. The van der Waals surface area contributed by atoms with Crippen molar-refractivity contribution in [3.63, 3.8) is 0 Å². The van der Waals surface area contributed by atoms with Gasteiger partial charge in [0, 0.05) is 16.6 Å². The Morgan fingerprint density at radius 2 is 2.44 bits per heavy atom. The third-order valence-corrected chi connectivity index (χ3v) is 4.57. The van der Waals surface area contributed by atoms with Crippen molar-refractivity contribution in [3.05, 3.63) is 15.6 Å². The predicted octanol–water partition coefficient (Wildman–Crippen LogP) is 1.50. The van der Waals surface area contributed by atoms with E-state index in [1.807, 2.05) is 0 Å². The van der Waals surface area contributed by atoms with Crippen molar-refractivity contribution in [2.45, 2.75) is 37.4 Å². The van der Waals surface area contributed by atoms with Crippen molar-refractivity contribution in [3.8, 4) is 0 Å². The molecule has 18 heavy (non-hydrogen) atoms. The highest BCUT2D eigenvalue weighted by molar-refractivity contribution is 7.14. The van der Waals surface area contributed by atoms with Gasteiger partial charge in [0.1, 0.15) is 9.88 Å². The molecule has 2 aliphatic rings. The molecule has 1 atom stereocenters. The first-order valence-corrected chi connectivity index (χ1v) is 6.62. The van der Waals surface area contributed by atoms with Crippen LogP contribution in [0.25, 0.3) is 0 Å². The Morgan fingerprint density at radius 1 is 1.67 bits per heavy atom. The van der Waals surface area contributed by atoms with Crippen LogP contribution >= 0.6 is 11.3 Å². The van der Waals surface area contributed by atoms with Gasteiger partial charge in [-0.3, -0.25) is 4.79 Å². The van der Waals surface area contributed by atoms with Gasteiger partial charge in [-0.1, -0.05) is 0 Å². The Labute approximate surface area is 112 Å². The number of hydrogen-bond donors (Lipinski definition) is 2. The lowest BCUT2D eigenvalue weighted by molar-refractivity contribution is -0.123. The number of amides is 1. The summed E-state index contributed by atoms with van der Waals surface area (Å²) < 4.78 is 23.2. The number of aromatic nitrogens is 1. The summed E-state index contributed by atoms with van der Waals surface area (Å²) in [5.74, 6) is -1.62. The monoisotopic (exact) mass is 269 g/mol. The van der Waals surface area contributed by atoms with Gasteiger partial charge in [-0.2, -0.15) is 0 Å². The van der Waals surface area contributed by atoms with Gasteiger partial charge in [-0.05, 0) is 26.1 Å². The highest BCUT2D eigenvalue weighted by Gasteiger charge is 2.44. The van der Waals surface area contributed by atoms with Crippen molar-refractivity contribution in [2.24, 2.45) is 0 Å². The van der Waals surface area contributed by atoms with E-state index in [-0.39, 0.29) is 28.8 Å². The van der Waals surface area contributed by atoms with Crippen LogP contribution in [0.3, 0.4) is 0 Å². The number of nitrogens with one attached hydrogen (secondary N) is 1. The van der Waals surface area contributed by atoms with Gasteiger partial charge in [-0.25, -0.2) is 9.78 Å². The number of carboxylic acids is 1. The van der Waals surface area contributed by atoms with Crippen LogP contribution < -0.4 is 5.32 Å². The van der Waals surface area contributed by atoms with Crippen molar-refractivity contribution >= 4 is 23.2 Å². The zero-order valence-electron chi connectivity index (χ0n) is 12.5. The standard InChI is InChI=1S/C12H14N2O3S/c1-12(4-5-13-10(12)17)11-14-7(6-2-3-6)8(18-11)9(15)16/h6H,2-5H2,1H3,(H,13,17)(H,15,16)/i1D3. The number of carbonyl (C=O) groups excluding carboxylic acids is 1. The van der Waals surface area contributed by atoms with Gasteiger partial charge >= 0.3 is 5.97 Å². The molecule has 1 aliphatic carbocycles. The molecule has 96 valence electrons. The van der Waals surface area contributed by atoms with Gasteiger partial charge in [0.05, 0.1) is 11.1 Å². The minimum Gasteiger partial charge on any atom is -0.477 e. The Kier molecular flexibility index (Phi) is 1.81. The van der Waals surface area contributed by atoms with E-state index in [9.17, 15) is 14.7 Å². The summed E-state index contributed by atoms with van der Waals surface area (Å²) in [6, 6.07) is 0. The lowest BCUT2D eigenvalue weighted by Gasteiger charge is -2.16. The lowest BCUT2D eigenvalue weighted by Crippen LogP contribution is -2.32. The Bertz CT molecular complexity index is 624. The average molecular weight is 269 g/mol. The normalized spacial score (nSPS) is 30.4. The fourth-order valence-electron chi connectivity index (χ4n) is 2.13. The molecule has 1 saturated carbocycles. The van der Waals surface area contributed by atoms with Crippen LogP contribution in [-0.4, -0.2) is 28.5 Å². The first kappa shape index (κ1) is 8.63. The molecule has 1 amide bonds. The van der Waals surface area contributed by atoms with E-state index in [0.29, 0.717) is 5.69 Å². The maximum absolute atomic E-state index is 12.2. The quantitative estimate of drug-likeness (QED) is 0.871. The number of hydrogen-bond acceptors (Lipinski definition) is 4. The molecule has 6 heteroatoms. The molecule has 0 aromatic carbocycles. The van der Waals surface area contributed by atoms with Gasteiger partial charge in [-0.15, -0.1) is 11.3 Å². The van der Waals surface area contributed by atoms with Gasteiger partial charge in [0.2, 0.25) is 5.91 Å². The van der Waals surface area contributed by atoms with E-state index in [2.05, 4.69) is 10.3 Å². The molecule has 0 bridgehead atoms. The van der Waals surface area contributed by atoms with E-state index in [1.165, 1.54) is 0 Å². The van der Waals surface area contributed by atoms with Crippen LogP contribution in [0.5, 0.6) is 0 Å². The molecule has 1 aromatic heterocycles. The SMILES string of the molecule is [2H]C([2H])([2H])C1(c2nc(C3CC3)c(C(=O)O)s2)CCNC1=O. The summed E-state index contributed by atoms with van der Waals surface area (Å²) in [4.78, 5) is 27.9. The highest BCUT2D eigenvalue weighted by atomic mass is 32.1. The van der Waals surface area contributed by atoms with Crippen molar-refractivity contribution in [1.29, 1.82) is 0 Å². The minimum absolute atomic E-state index is 0.0656. The summed E-state index contributed by atoms with van der Waals surface area (Å²) in [5, 5.41) is 11.9. The van der Waals surface area contributed by atoms with E-state index in [1.54, 1.807) is 0 Å². The van der Waals surface area contributed by atoms with E-state index in [4.69, 9.17) is 4.11 Å². The number of aromatic carboxylic acids is 1. The summed E-state index contributed by atoms with van der Waals surface area (Å²) in [6.45, 7) is -2.29. The van der Waals surface area contributed by atoms with Crippen molar-refractivity contribution in [1.82, 2.24) is 10.3 Å². The molecule has 0 spiro atoms. The molecule has 2 heterocycles. The average Bonchev–Trinajstić information content (AvgIpc) is 2.98. The summed E-state index contributed by atoms with van der Waals surface area (Å²) >= 11 is 0.831. The molecule has 1 unspecified atom stereocenters. The molecular weight excluding hydrogens is 252 g/mol. The summed E-state index contributed by atoms with van der Waals surface area (Å²) in [5.41, 5.74) is -1.28.